The summed E-state index contributed by atoms with van der Waals surface area (Å²) in [5.74, 6) is 2.65. The minimum atomic E-state index is 0.747. The average Bonchev–Trinajstić information content (AvgIpc) is 2.63. The zero-order valence-corrected chi connectivity index (χ0v) is 12.1. The Kier molecular flexibility index (Phi) is 4.48. The van der Waals surface area contributed by atoms with Crippen LogP contribution in [0.15, 0.2) is 0 Å². The minimum absolute atomic E-state index is 0.747. The highest BCUT2D eigenvalue weighted by molar-refractivity contribution is 4.90. The van der Waals surface area contributed by atoms with Gasteiger partial charge in [-0.15, -0.1) is 0 Å². The number of hydrogen-bond donors (Lipinski definition) is 1. The van der Waals surface area contributed by atoms with Crippen LogP contribution in [0.5, 0.6) is 0 Å². The first-order valence-electron chi connectivity index (χ1n) is 7.51. The molecule has 0 aromatic rings. The molecule has 0 radical (unpaired) electrons. The summed E-state index contributed by atoms with van der Waals surface area (Å²) in [5, 5.41) is 3.97. The summed E-state index contributed by atoms with van der Waals surface area (Å²) in [7, 11) is 2.24. The molecular formula is C15H30N2. The van der Waals surface area contributed by atoms with E-state index in [0.717, 1.165) is 29.8 Å². The summed E-state index contributed by atoms with van der Waals surface area (Å²) in [5.41, 5.74) is 0. The quantitative estimate of drug-likeness (QED) is 0.813. The Balaban J connectivity index is 1.90. The normalized spacial score (nSPS) is 40.1. The van der Waals surface area contributed by atoms with Gasteiger partial charge in [0, 0.05) is 18.6 Å². The topological polar surface area (TPSA) is 15.3 Å². The number of likely N-dealkylation sites (N-methyl/N-ethyl adjacent to an activating group) is 1. The van der Waals surface area contributed by atoms with Crippen molar-refractivity contribution in [2.75, 3.05) is 20.1 Å². The highest BCUT2D eigenvalue weighted by Gasteiger charge is 2.33. The van der Waals surface area contributed by atoms with Gasteiger partial charge in [-0.2, -0.15) is 0 Å². The average molecular weight is 238 g/mol. The van der Waals surface area contributed by atoms with Crippen molar-refractivity contribution in [1.29, 1.82) is 0 Å². The van der Waals surface area contributed by atoms with E-state index in [2.05, 4.69) is 38.0 Å². The molecule has 2 nitrogen and oxygen atoms in total. The van der Waals surface area contributed by atoms with Crippen molar-refractivity contribution in [2.24, 2.45) is 17.8 Å². The van der Waals surface area contributed by atoms with Crippen LogP contribution in [0.3, 0.4) is 0 Å². The van der Waals surface area contributed by atoms with Crippen LogP contribution in [0.1, 0.15) is 46.5 Å². The van der Waals surface area contributed by atoms with Gasteiger partial charge in [0.05, 0.1) is 0 Å². The molecule has 1 saturated heterocycles. The molecule has 1 N–H and O–H groups in total. The Bertz CT molecular complexity index is 239. The first-order chi connectivity index (χ1) is 8.06. The summed E-state index contributed by atoms with van der Waals surface area (Å²) < 4.78 is 0. The van der Waals surface area contributed by atoms with E-state index in [-0.39, 0.29) is 0 Å². The number of rotatable bonds is 3. The Morgan fingerprint density at radius 1 is 1.18 bits per heavy atom. The maximum absolute atomic E-state index is 3.97. The van der Waals surface area contributed by atoms with Gasteiger partial charge in [0.25, 0.3) is 0 Å². The second kappa shape index (κ2) is 5.71. The van der Waals surface area contributed by atoms with Crippen molar-refractivity contribution in [3.63, 3.8) is 0 Å². The second-order valence-electron chi connectivity index (χ2n) is 6.85. The zero-order chi connectivity index (χ0) is 12.4. The fourth-order valence-electron chi connectivity index (χ4n) is 3.77. The lowest BCUT2D eigenvalue weighted by Gasteiger charge is -2.39. The van der Waals surface area contributed by atoms with Gasteiger partial charge in [-0.3, -0.25) is 0 Å². The van der Waals surface area contributed by atoms with E-state index in [9.17, 15) is 0 Å². The lowest BCUT2D eigenvalue weighted by molar-refractivity contribution is 0.159. The highest BCUT2D eigenvalue weighted by atomic mass is 15.2. The molecule has 2 aliphatic rings. The van der Waals surface area contributed by atoms with Gasteiger partial charge in [-0.05, 0) is 50.6 Å². The molecule has 1 aliphatic heterocycles. The second-order valence-corrected chi connectivity index (χ2v) is 6.85. The molecule has 0 amide bonds. The minimum Gasteiger partial charge on any atom is -0.310 e. The lowest BCUT2D eigenvalue weighted by Crippen LogP contribution is -2.48. The van der Waals surface area contributed by atoms with Crippen molar-refractivity contribution in [2.45, 2.75) is 58.5 Å². The molecule has 1 heterocycles. The third-order valence-electron chi connectivity index (χ3n) is 4.86. The Labute approximate surface area is 107 Å². The van der Waals surface area contributed by atoms with Crippen LogP contribution in [0.4, 0.5) is 0 Å². The van der Waals surface area contributed by atoms with E-state index in [4.69, 9.17) is 0 Å². The monoisotopic (exact) mass is 238 g/mol. The van der Waals surface area contributed by atoms with Crippen LogP contribution in [-0.4, -0.2) is 37.1 Å². The lowest BCUT2D eigenvalue weighted by atomic mass is 9.74. The van der Waals surface area contributed by atoms with Crippen molar-refractivity contribution >= 4 is 0 Å². The highest BCUT2D eigenvalue weighted by Crippen LogP contribution is 2.34. The molecule has 2 heteroatoms. The van der Waals surface area contributed by atoms with Crippen LogP contribution >= 0.6 is 0 Å². The van der Waals surface area contributed by atoms with Crippen LogP contribution in [0.2, 0.25) is 0 Å². The summed E-state index contributed by atoms with van der Waals surface area (Å²) in [6.45, 7) is 9.74. The molecule has 17 heavy (non-hydrogen) atoms. The summed E-state index contributed by atoms with van der Waals surface area (Å²) >= 11 is 0. The molecule has 4 unspecified atom stereocenters. The smallest absolute Gasteiger partial charge is 0.0209 e. The molecule has 2 fully saturated rings. The molecule has 100 valence electrons. The molecule has 4 atom stereocenters. The molecule has 2 rings (SSSR count). The maximum atomic E-state index is 3.97. The van der Waals surface area contributed by atoms with E-state index < -0.39 is 0 Å². The summed E-state index contributed by atoms with van der Waals surface area (Å²) in [6.07, 6.45) is 5.60. The molecule has 0 bridgehead atoms. The van der Waals surface area contributed by atoms with E-state index in [1.165, 1.54) is 38.8 Å². The van der Waals surface area contributed by atoms with E-state index in [1.807, 2.05) is 0 Å². The van der Waals surface area contributed by atoms with E-state index in [0.29, 0.717) is 0 Å². The predicted molar refractivity (Wildman–Crippen MR) is 74.2 cm³/mol. The molecular weight excluding hydrogens is 208 g/mol. The Morgan fingerprint density at radius 3 is 2.53 bits per heavy atom. The van der Waals surface area contributed by atoms with Gasteiger partial charge in [0.15, 0.2) is 0 Å². The largest absolute Gasteiger partial charge is 0.310 e. The standard InChI is InChI=1S/C15H30N2/c1-11(2)14-6-5-12(3)9-15(14)16-13-7-8-17(4)10-13/h11-16H,5-10H2,1-4H3. The fourth-order valence-corrected chi connectivity index (χ4v) is 3.77. The van der Waals surface area contributed by atoms with Gasteiger partial charge in [-0.1, -0.05) is 27.2 Å². The van der Waals surface area contributed by atoms with Crippen LogP contribution in [0, 0.1) is 17.8 Å². The van der Waals surface area contributed by atoms with Crippen molar-refractivity contribution in [3.8, 4) is 0 Å². The zero-order valence-electron chi connectivity index (χ0n) is 12.1. The molecule has 1 saturated carbocycles. The van der Waals surface area contributed by atoms with Gasteiger partial charge in [0.2, 0.25) is 0 Å². The van der Waals surface area contributed by atoms with Crippen LogP contribution in [0.25, 0.3) is 0 Å². The number of nitrogens with zero attached hydrogens (tertiary/aromatic N) is 1. The predicted octanol–water partition coefficient (Wildman–Crippen LogP) is 2.74. The van der Waals surface area contributed by atoms with Gasteiger partial charge < -0.3 is 10.2 Å². The molecule has 0 spiro atoms. The van der Waals surface area contributed by atoms with Crippen molar-refractivity contribution < 1.29 is 0 Å². The number of nitrogens with one attached hydrogen (secondary N) is 1. The molecule has 0 aromatic carbocycles. The van der Waals surface area contributed by atoms with Gasteiger partial charge >= 0.3 is 0 Å². The number of hydrogen-bond acceptors (Lipinski definition) is 2. The maximum Gasteiger partial charge on any atom is 0.0209 e. The number of likely N-dealkylation sites (tertiary alicyclic amines) is 1. The third-order valence-corrected chi connectivity index (χ3v) is 4.86. The van der Waals surface area contributed by atoms with E-state index >= 15 is 0 Å². The third kappa shape index (κ3) is 3.45. The first kappa shape index (κ1) is 13.4. The Morgan fingerprint density at radius 2 is 1.94 bits per heavy atom. The summed E-state index contributed by atoms with van der Waals surface area (Å²) in [6, 6.07) is 1.52. The van der Waals surface area contributed by atoms with E-state index in [1.54, 1.807) is 0 Å². The Hall–Kier alpha value is -0.0800. The van der Waals surface area contributed by atoms with Crippen molar-refractivity contribution in [3.05, 3.63) is 0 Å². The van der Waals surface area contributed by atoms with Crippen molar-refractivity contribution in [1.82, 2.24) is 10.2 Å². The molecule has 1 aliphatic carbocycles. The SMILES string of the molecule is CC1CCC(C(C)C)C(NC2CCN(C)C2)C1. The van der Waals surface area contributed by atoms with Crippen LogP contribution in [-0.2, 0) is 0 Å². The fraction of sp³-hybridized carbons (Fsp3) is 1.00. The van der Waals surface area contributed by atoms with Crippen LogP contribution < -0.4 is 5.32 Å². The van der Waals surface area contributed by atoms with Gasteiger partial charge in [-0.25, -0.2) is 0 Å². The molecule has 0 aromatic heterocycles. The first-order valence-corrected chi connectivity index (χ1v) is 7.51. The van der Waals surface area contributed by atoms with Gasteiger partial charge in [0.1, 0.15) is 0 Å². The summed E-state index contributed by atoms with van der Waals surface area (Å²) in [4.78, 5) is 2.45.